The Balaban J connectivity index is 3.12. The molecule has 0 spiro atoms. The predicted molar refractivity (Wildman–Crippen MR) is 56.0 cm³/mol. The van der Waals surface area contributed by atoms with Crippen LogP contribution in [-0.2, 0) is 4.79 Å². The number of allylic oxidation sites excluding steroid dienone is 1. The predicted octanol–water partition coefficient (Wildman–Crippen LogP) is 1.71. The fourth-order valence-electron chi connectivity index (χ4n) is 1.08. The van der Waals surface area contributed by atoms with E-state index in [4.69, 9.17) is 4.74 Å². The quantitative estimate of drug-likeness (QED) is 0.586. The van der Waals surface area contributed by atoms with Crippen LogP contribution in [0.2, 0.25) is 0 Å². The smallest absolute Gasteiger partial charge is 0.201 e. The van der Waals surface area contributed by atoms with Gasteiger partial charge in [0.05, 0.1) is 7.11 Å². The number of aromatic hydroxyl groups is 2. The van der Waals surface area contributed by atoms with Gasteiger partial charge in [-0.1, -0.05) is 0 Å². The maximum absolute atomic E-state index is 10.7. The van der Waals surface area contributed by atoms with Crippen LogP contribution in [0.3, 0.4) is 0 Å². The molecule has 4 heteroatoms. The second kappa shape index (κ2) is 4.50. The summed E-state index contributed by atoms with van der Waals surface area (Å²) in [6.07, 6.45) is 2.73. The van der Waals surface area contributed by atoms with Crippen LogP contribution in [0.4, 0.5) is 0 Å². The first-order chi connectivity index (χ1) is 7.06. The monoisotopic (exact) mass is 208 g/mol. The zero-order valence-corrected chi connectivity index (χ0v) is 8.52. The molecule has 0 heterocycles. The SMILES string of the molecule is COc1ccc(/C=C/C(C)=O)c(O)c1O. The highest BCUT2D eigenvalue weighted by Crippen LogP contribution is 2.38. The number of ketones is 1. The molecule has 1 aromatic rings. The van der Waals surface area contributed by atoms with Crippen molar-refractivity contribution in [2.24, 2.45) is 0 Å². The van der Waals surface area contributed by atoms with Gasteiger partial charge in [-0.25, -0.2) is 0 Å². The second-order valence-corrected chi connectivity index (χ2v) is 3.00. The summed E-state index contributed by atoms with van der Waals surface area (Å²) in [6, 6.07) is 3.06. The van der Waals surface area contributed by atoms with Gasteiger partial charge in [0, 0.05) is 5.56 Å². The van der Waals surface area contributed by atoms with Crippen molar-refractivity contribution < 1.29 is 19.7 Å². The fourth-order valence-corrected chi connectivity index (χ4v) is 1.08. The van der Waals surface area contributed by atoms with Crippen molar-refractivity contribution >= 4 is 11.9 Å². The standard InChI is InChI=1S/C11H12O4/c1-7(12)3-4-8-5-6-9(15-2)11(14)10(8)13/h3-6,13-14H,1-2H3/b4-3+. The third-order valence-electron chi connectivity index (χ3n) is 1.86. The van der Waals surface area contributed by atoms with Crippen molar-refractivity contribution in [2.45, 2.75) is 6.92 Å². The zero-order chi connectivity index (χ0) is 11.4. The molecule has 2 N–H and O–H groups in total. The first-order valence-corrected chi connectivity index (χ1v) is 4.34. The van der Waals surface area contributed by atoms with Crippen LogP contribution < -0.4 is 4.74 Å². The van der Waals surface area contributed by atoms with Crippen molar-refractivity contribution in [3.05, 3.63) is 23.8 Å². The van der Waals surface area contributed by atoms with Crippen LogP contribution >= 0.6 is 0 Å². The van der Waals surface area contributed by atoms with E-state index < -0.39 is 0 Å². The largest absolute Gasteiger partial charge is 0.504 e. The summed E-state index contributed by atoms with van der Waals surface area (Å²) in [7, 11) is 1.39. The molecule has 1 rings (SSSR count). The first kappa shape index (κ1) is 11.1. The van der Waals surface area contributed by atoms with Gasteiger partial charge in [-0.15, -0.1) is 0 Å². The fraction of sp³-hybridized carbons (Fsp3) is 0.182. The van der Waals surface area contributed by atoms with Crippen molar-refractivity contribution in [1.29, 1.82) is 0 Å². The minimum Gasteiger partial charge on any atom is -0.504 e. The lowest BCUT2D eigenvalue weighted by atomic mass is 10.1. The van der Waals surface area contributed by atoms with Gasteiger partial charge in [0.15, 0.2) is 17.3 Å². The number of rotatable bonds is 3. The molecular formula is C11H12O4. The van der Waals surface area contributed by atoms with E-state index in [0.717, 1.165) is 0 Å². The topological polar surface area (TPSA) is 66.8 Å². The lowest BCUT2D eigenvalue weighted by Crippen LogP contribution is -1.86. The molecule has 0 aliphatic rings. The van der Waals surface area contributed by atoms with Crippen molar-refractivity contribution in [2.75, 3.05) is 7.11 Å². The van der Waals surface area contributed by atoms with Gasteiger partial charge in [0.25, 0.3) is 0 Å². The second-order valence-electron chi connectivity index (χ2n) is 3.00. The van der Waals surface area contributed by atoms with Gasteiger partial charge >= 0.3 is 0 Å². The molecule has 0 aliphatic carbocycles. The van der Waals surface area contributed by atoms with Crippen LogP contribution in [-0.4, -0.2) is 23.1 Å². The van der Waals surface area contributed by atoms with Crippen LogP contribution in [0.25, 0.3) is 6.08 Å². The highest BCUT2D eigenvalue weighted by molar-refractivity contribution is 5.92. The van der Waals surface area contributed by atoms with E-state index >= 15 is 0 Å². The van der Waals surface area contributed by atoms with Crippen LogP contribution in [0.5, 0.6) is 17.2 Å². The van der Waals surface area contributed by atoms with Gasteiger partial charge in [-0.3, -0.25) is 4.79 Å². The van der Waals surface area contributed by atoms with Gasteiger partial charge < -0.3 is 14.9 Å². The third-order valence-corrected chi connectivity index (χ3v) is 1.86. The van der Waals surface area contributed by atoms with E-state index in [2.05, 4.69) is 0 Å². The Labute approximate surface area is 87.4 Å². The molecule has 0 fully saturated rings. The Hall–Kier alpha value is -1.97. The summed E-state index contributed by atoms with van der Waals surface area (Å²) < 4.78 is 4.81. The summed E-state index contributed by atoms with van der Waals surface area (Å²) in [5.41, 5.74) is 0.364. The molecule has 0 saturated carbocycles. The molecule has 0 aliphatic heterocycles. The molecule has 80 valence electrons. The summed E-state index contributed by atoms with van der Waals surface area (Å²) >= 11 is 0. The van der Waals surface area contributed by atoms with Gasteiger partial charge in [0.2, 0.25) is 5.75 Å². The Kier molecular flexibility index (Phi) is 3.33. The van der Waals surface area contributed by atoms with Gasteiger partial charge in [-0.2, -0.15) is 0 Å². The molecule has 0 saturated heterocycles. The summed E-state index contributed by atoms with van der Waals surface area (Å²) in [5, 5.41) is 19.0. The number of hydrogen-bond acceptors (Lipinski definition) is 4. The zero-order valence-electron chi connectivity index (χ0n) is 8.52. The Morgan fingerprint density at radius 3 is 2.53 bits per heavy atom. The average Bonchev–Trinajstić information content (AvgIpc) is 2.20. The number of hydrogen-bond donors (Lipinski definition) is 2. The molecule has 0 bridgehead atoms. The summed E-state index contributed by atoms with van der Waals surface area (Å²) in [5.74, 6) is -0.577. The number of phenols is 2. The Morgan fingerprint density at radius 2 is 2.00 bits per heavy atom. The molecule has 0 unspecified atom stereocenters. The lowest BCUT2D eigenvalue weighted by molar-refractivity contribution is -0.112. The van der Waals surface area contributed by atoms with Gasteiger partial charge in [0.1, 0.15) is 0 Å². The highest BCUT2D eigenvalue weighted by atomic mass is 16.5. The number of benzene rings is 1. The molecule has 0 atom stereocenters. The third kappa shape index (κ3) is 2.49. The van der Waals surface area contributed by atoms with E-state index in [0.29, 0.717) is 5.56 Å². The number of methoxy groups -OCH3 is 1. The van der Waals surface area contributed by atoms with E-state index in [-0.39, 0.29) is 23.0 Å². The lowest BCUT2D eigenvalue weighted by Gasteiger charge is -2.06. The maximum Gasteiger partial charge on any atom is 0.201 e. The summed E-state index contributed by atoms with van der Waals surface area (Å²) in [6.45, 7) is 1.40. The minimum absolute atomic E-state index is 0.135. The molecule has 0 amide bonds. The summed E-state index contributed by atoms with van der Waals surface area (Å²) in [4.78, 5) is 10.7. The number of ether oxygens (including phenoxy) is 1. The van der Waals surface area contributed by atoms with Crippen LogP contribution in [0.15, 0.2) is 18.2 Å². The average molecular weight is 208 g/mol. The molecule has 1 aromatic carbocycles. The molecule has 4 nitrogen and oxygen atoms in total. The van der Waals surface area contributed by atoms with E-state index in [9.17, 15) is 15.0 Å². The van der Waals surface area contributed by atoms with Crippen LogP contribution in [0.1, 0.15) is 12.5 Å². The Morgan fingerprint density at radius 1 is 1.33 bits per heavy atom. The van der Waals surface area contributed by atoms with Crippen LogP contribution in [0, 0.1) is 0 Å². The highest BCUT2D eigenvalue weighted by Gasteiger charge is 2.09. The molecule has 0 aromatic heterocycles. The van der Waals surface area contributed by atoms with E-state index in [1.165, 1.54) is 32.3 Å². The van der Waals surface area contributed by atoms with Crippen molar-refractivity contribution in [3.63, 3.8) is 0 Å². The molecule has 0 radical (unpaired) electrons. The minimum atomic E-state index is -0.330. The number of phenolic OH excluding ortho intramolecular Hbond substituents is 2. The van der Waals surface area contributed by atoms with E-state index in [1.807, 2.05) is 0 Å². The maximum atomic E-state index is 10.7. The molecular weight excluding hydrogens is 196 g/mol. The van der Waals surface area contributed by atoms with E-state index in [1.54, 1.807) is 6.07 Å². The van der Waals surface area contributed by atoms with Crippen molar-refractivity contribution in [3.8, 4) is 17.2 Å². The number of carbonyl (C=O) groups is 1. The van der Waals surface area contributed by atoms with Gasteiger partial charge in [-0.05, 0) is 31.2 Å². The normalized spacial score (nSPS) is 10.5. The molecule has 15 heavy (non-hydrogen) atoms. The Bertz CT molecular complexity index is 407. The van der Waals surface area contributed by atoms with Crippen molar-refractivity contribution in [1.82, 2.24) is 0 Å². The first-order valence-electron chi connectivity index (χ1n) is 4.34. The number of carbonyl (C=O) groups excluding carboxylic acids is 1.